The van der Waals surface area contributed by atoms with E-state index in [2.05, 4.69) is 16.8 Å². The summed E-state index contributed by atoms with van der Waals surface area (Å²) in [7, 11) is 0. The van der Waals surface area contributed by atoms with Gasteiger partial charge in [0, 0.05) is 19.1 Å². The molecule has 1 aliphatic rings. The number of amides is 1. The van der Waals surface area contributed by atoms with Gasteiger partial charge >= 0.3 is 0 Å². The molecule has 2 rings (SSSR count). The fourth-order valence-corrected chi connectivity index (χ4v) is 3.19. The van der Waals surface area contributed by atoms with Crippen LogP contribution < -0.4 is 5.32 Å². The molecule has 0 bridgehead atoms. The van der Waals surface area contributed by atoms with Crippen LogP contribution in [0.3, 0.4) is 0 Å². The molecule has 1 aromatic rings. The first kappa shape index (κ1) is 13.6. The summed E-state index contributed by atoms with van der Waals surface area (Å²) in [5.74, 6) is 0.609. The Morgan fingerprint density at radius 1 is 1.39 bits per heavy atom. The highest BCUT2D eigenvalue weighted by atomic mass is 32.1. The van der Waals surface area contributed by atoms with Crippen LogP contribution in [0.2, 0.25) is 0 Å². The Bertz CT molecular complexity index is 356. The van der Waals surface area contributed by atoms with Gasteiger partial charge in [-0.2, -0.15) is 11.3 Å². The van der Waals surface area contributed by atoms with E-state index < -0.39 is 0 Å². The minimum atomic E-state index is 0.161. The van der Waals surface area contributed by atoms with Crippen LogP contribution in [0.4, 0.5) is 0 Å². The Balaban J connectivity index is 1.65. The maximum atomic E-state index is 11.8. The van der Waals surface area contributed by atoms with Crippen molar-refractivity contribution in [1.82, 2.24) is 5.32 Å². The first-order chi connectivity index (χ1) is 8.78. The Morgan fingerprint density at radius 2 is 2.17 bits per heavy atom. The van der Waals surface area contributed by atoms with Crippen LogP contribution in [0, 0.1) is 5.92 Å². The van der Waals surface area contributed by atoms with E-state index in [-0.39, 0.29) is 5.91 Å². The number of rotatable bonds is 5. The summed E-state index contributed by atoms with van der Waals surface area (Å²) in [5.41, 5.74) is 1.25. The third-order valence-corrected chi connectivity index (χ3v) is 4.42. The van der Waals surface area contributed by atoms with E-state index in [9.17, 15) is 4.79 Å². The number of thiophene rings is 1. The van der Waals surface area contributed by atoms with Gasteiger partial charge in [0.2, 0.25) is 5.91 Å². The fourth-order valence-electron chi connectivity index (χ4n) is 2.48. The van der Waals surface area contributed by atoms with E-state index in [0.717, 1.165) is 32.1 Å². The fraction of sp³-hybridized carbons (Fsp3) is 0.643. The lowest BCUT2D eigenvalue weighted by molar-refractivity contribution is -0.122. The van der Waals surface area contributed by atoms with Crippen LogP contribution in [-0.2, 0) is 11.2 Å². The zero-order valence-corrected chi connectivity index (χ0v) is 11.4. The van der Waals surface area contributed by atoms with Crippen molar-refractivity contribution in [2.75, 3.05) is 6.61 Å². The molecule has 1 aliphatic carbocycles. The van der Waals surface area contributed by atoms with Gasteiger partial charge in [0.1, 0.15) is 0 Å². The number of carbonyl (C=O) groups is 1. The number of hydrogen-bond donors (Lipinski definition) is 2. The number of hydrogen-bond acceptors (Lipinski definition) is 3. The van der Waals surface area contributed by atoms with Gasteiger partial charge in [-0.15, -0.1) is 0 Å². The van der Waals surface area contributed by atoms with E-state index in [0.29, 0.717) is 25.0 Å². The highest BCUT2D eigenvalue weighted by Crippen LogP contribution is 2.23. The Morgan fingerprint density at radius 3 is 2.78 bits per heavy atom. The molecule has 3 nitrogen and oxygen atoms in total. The molecular weight excluding hydrogens is 246 g/mol. The van der Waals surface area contributed by atoms with Crippen molar-refractivity contribution in [3.8, 4) is 0 Å². The van der Waals surface area contributed by atoms with E-state index in [1.54, 1.807) is 11.3 Å². The quantitative estimate of drug-likeness (QED) is 0.860. The molecular formula is C14H21NO2S. The van der Waals surface area contributed by atoms with Gasteiger partial charge in [-0.3, -0.25) is 4.79 Å². The zero-order chi connectivity index (χ0) is 12.8. The minimum Gasteiger partial charge on any atom is -0.396 e. The molecule has 0 aliphatic heterocycles. The number of nitrogens with one attached hydrogen (secondary N) is 1. The molecule has 1 aromatic heterocycles. The van der Waals surface area contributed by atoms with Crippen molar-refractivity contribution in [2.24, 2.45) is 5.92 Å². The summed E-state index contributed by atoms with van der Waals surface area (Å²) in [6.45, 7) is 0.290. The minimum absolute atomic E-state index is 0.161. The van der Waals surface area contributed by atoms with E-state index in [1.165, 1.54) is 5.56 Å². The lowest BCUT2D eigenvalue weighted by atomic mass is 9.86. The van der Waals surface area contributed by atoms with Crippen molar-refractivity contribution in [1.29, 1.82) is 0 Å². The lowest BCUT2D eigenvalue weighted by Gasteiger charge is -2.27. The maximum absolute atomic E-state index is 11.8. The molecule has 0 radical (unpaired) electrons. The molecule has 0 saturated heterocycles. The van der Waals surface area contributed by atoms with Crippen LogP contribution in [0.5, 0.6) is 0 Å². The summed E-state index contributed by atoms with van der Waals surface area (Å²) in [6, 6.07) is 2.40. The summed E-state index contributed by atoms with van der Waals surface area (Å²) in [4.78, 5) is 11.8. The molecule has 0 atom stereocenters. The second-order valence-electron chi connectivity index (χ2n) is 5.10. The Kier molecular flexibility index (Phi) is 5.20. The van der Waals surface area contributed by atoms with Gasteiger partial charge in [0.15, 0.2) is 0 Å². The smallest absolute Gasteiger partial charge is 0.220 e. The molecule has 100 valence electrons. The van der Waals surface area contributed by atoms with E-state index in [1.807, 2.05) is 5.38 Å². The van der Waals surface area contributed by atoms with Gasteiger partial charge in [-0.1, -0.05) is 0 Å². The van der Waals surface area contributed by atoms with Gasteiger partial charge in [-0.25, -0.2) is 0 Å². The van der Waals surface area contributed by atoms with Gasteiger partial charge < -0.3 is 10.4 Å². The highest BCUT2D eigenvalue weighted by Gasteiger charge is 2.21. The number of aliphatic hydroxyl groups excluding tert-OH is 1. The second kappa shape index (κ2) is 6.90. The van der Waals surface area contributed by atoms with Crippen LogP contribution in [0.15, 0.2) is 16.8 Å². The largest absolute Gasteiger partial charge is 0.396 e. The molecule has 4 heteroatoms. The van der Waals surface area contributed by atoms with Crippen LogP contribution >= 0.6 is 11.3 Å². The van der Waals surface area contributed by atoms with E-state index in [4.69, 9.17) is 5.11 Å². The standard InChI is InChI=1S/C14H21NO2S/c16-9-11-1-4-13(5-2-11)15-14(17)6-3-12-7-8-18-10-12/h7-8,10-11,13,16H,1-6,9H2,(H,15,17). The number of aryl methyl sites for hydroxylation is 1. The van der Waals surface area contributed by atoms with Gasteiger partial charge in [0.05, 0.1) is 0 Å². The third-order valence-electron chi connectivity index (χ3n) is 3.69. The van der Waals surface area contributed by atoms with Crippen LogP contribution in [0.25, 0.3) is 0 Å². The molecule has 1 saturated carbocycles. The molecule has 2 N–H and O–H groups in total. The van der Waals surface area contributed by atoms with E-state index >= 15 is 0 Å². The monoisotopic (exact) mass is 267 g/mol. The highest BCUT2D eigenvalue weighted by molar-refractivity contribution is 7.07. The third kappa shape index (κ3) is 4.10. The van der Waals surface area contributed by atoms with Crippen molar-refractivity contribution in [2.45, 2.75) is 44.6 Å². The van der Waals surface area contributed by atoms with Crippen molar-refractivity contribution >= 4 is 17.2 Å². The van der Waals surface area contributed by atoms with Crippen molar-refractivity contribution < 1.29 is 9.90 Å². The maximum Gasteiger partial charge on any atom is 0.220 e. The molecule has 1 heterocycles. The molecule has 18 heavy (non-hydrogen) atoms. The summed E-state index contributed by atoms with van der Waals surface area (Å²) in [6.07, 6.45) is 5.50. The number of carbonyl (C=O) groups excluding carboxylic acids is 1. The Hall–Kier alpha value is -0.870. The SMILES string of the molecule is O=C(CCc1ccsc1)NC1CCC(CO)CC1. The zero-order valence-electron chi connectivity index (χ0n) is 10.6. The summed E-state index contributed by atoms with van der Waals surface area (Å²) < 4.78 is 0. The second-order valence-corrected chi connectivity index (χ2v) is 5.88. The molecule has 0 unspecified atom stereocenters. The summed E-state index contributed by atoms with van der Waals surface area (Å²) >= 11 is 1.67. The van der Waals surface area contributed by atoms with Gasteiger partial charge in [-0.05, 0) is 60.4 Å². The van der Waals surface area contributed by atoms with Crippen molar-refractivity contribution in [3.05, 3.63) is 22.4 Å². The predicted octanol–water partition coefficient (Wildman–Crippen LogP) is 2.35. The Labute approximate surface area is 112 Å². The molecule has 0 aromatic carbocycles. The first-order valence-corrected chi connectivity index (χ1v) is 7.63. The first-order valence-electron chi connectivity index (χ1n) is 6.69. The number of aliphatic hydroxyl groups is 1. The van der Waals surface area contributed by atoms with Gasteiger partial charge in [0.25, 0.3) is 0 Å². The average molecular weight is 267 g/mol. The normalized spacial score (nSPS) is 23.8. The molecule has 1 amide bonds. The topological polar surface area (TPSA) is 49.3 Å². The molecule has 1 fully saturated rings. The van der Waals surface area contributed by atoms with Crippen molar-refractivity contribution in [3.63, 3.8) is 0 Å². The van der Waals surface area contributed by atoms with Crippen LogP contribution in [0.1, 0.15) is 37.7 Å². The lowest BCUT2D eigenvalue weighted by Crippen LogP contribution is -2.38. The average Bonchev–Trinajstić information content (AvgIpc) is 2.90. The summed E-state index contributed by atoms with van der Waals surface area (Å²) in [5, 5.41) is 16.3. The predicted molar refractivity (Wildman–Crippen MR) is 73.6 cm³/mol. The van der Waals surface area contributed by atoms with Crippen LogP contribution in [-0.4, -0.2) is 23.7 Å². The molecule has 0 spiro atoms.